The molecule has 20 heavy (non-hydrogen) atoms. The first-order chi connectivity index (χ1) is 9.11. The van der Waals surface area contributed by atoms with E-state index in [1.165, 1.54) is 6.07 Å². The Bertz CT molecular complexity index is 518. The van der Waals surface area contributed by atoms with Crippen LogP contribution in [0.15, 0.2) is 18.2 Å². The number of amides is 1. The van der Waals surface area contributed by atoms with E-state index in [1.54, 1.807) is 19.1 Å². The summed E-state index contributed by atoms with van der Waals surface area (Å²) in [6.45, 7) is 7.63. The fourth-order valence-corrected chi connectivity index (χ4v) is 1.65. The molecule has 110 valence electrons. The van der Waals surface area contributed by atoms with Crippen LogP contribution in [0.3, 0.4) is 0 Å². The van der Waals surface area contributed by atoms with Crippen molar-refractivity contribution in [2.24, 2.45) is 11.1 Å². The first-order valence-electron chi connectivity index (χ1n) is 6.50. The van der Waals surface area contributed by atoms with Gasteiger partial charge in [0, 0.05) is 18.2 Å². The molecule has 5 nitrogen and oxygen atoms in total. The second-order valence-corrected chi connectivity index (χ2v) is 6.06. The van der Waals surface area contributed by atoms with Crippen LogP contribution >= 0.6 is 0 Å². The van der Waals surface area contributed by atoms with Crippen LogP contribution in [0.25, 0.3) is 0 Å². The lowest BCUT2D eigenvalue weighted by Gasteiger charge is -2.26. The Kier molecular flexibility index (Phi) is 4.89. The summed E-state index contributed by atoms with van der Waals surface area (Å²) >= 11 is 0. The zero-order chi connectivity index (χ0) is 15.5. The first kappa shape index (κ1) is 16.2. The molecule has 4 N–H and O–H groups in total. The summed E-state index contributed by atoms with van der Waals surface area (Å²) in [7, 11) is 0. The maximum Gasteiger partial charge on any atom is 0.336 e. The summed E-state index contributed by atoms with van der Waals surface area (Å²) in [6, 6.07) is 4.55. The molecule has 1 atom stereocenters. The maximum atomic E-state index is 11.9. The van der Waals surface area contributed by atoms with Gasteiger partial charge in [0.1, 0.15) is 0 Å². The fraction of sp³-hybridized carbons (Fsp3) is 0.467. The third-order valence-corrected chi connectivity index (χ3v) is 3.27. The number of aromatic carboxylic acids is 1. The highest BCUT2D eigenvalue weighted by atomic mass is 16.4. The summed E-state index contributed by atoms with van der Waals surface area (Å²) in [6.07, 6.45) is 0.194. The van der Waals surface area contributed by atoms with Gasteiger partial charge in [0.2, 0.25) is 5.91 Å². The molecule has 1 amide bonds. The molecule has 0 saturated heterocycles. The molecule has 0 spiro atoms. The van der Waals surface area contributed by atoms with Gasteiger partial charge in [-0.1, -0.05) is 26.8 Å². The van der Waals surface area contributed by atoms with Gasteiger partial charge in [-0.2, -0.15) is 0 Å². The lowest BCUT2D eigenvalue weighted by Crippen LogP contribution is -2.38. The van der Waals surface area contributed by atoms with Crippen LogP contribution in [0.4, 0.5) is 5.69 Å². The molecule has 0 aromatic heterocycles. The second kappa shape index (κ2) is 6.05. The van der Waals surface area contributed by atoms with E-state index in [2.05, 4.69) is 5.32 Å². The summed E-state index contributed by atoms with van der Waals surface area (Å²) in [5, 5.41) is 11.7. The predicted molar refractivity (Wildman–Crippen MR) is 78.8 cm³/mol. The third-order valence-electron chi connectivity index (χ3n) is 3.27. The van der Waals surface area contributed by atoms with E-state index in [0.717, 1.165) is 0 Å². The van der Waals surface area contributed by atoms with Gasteiger partial charge in [0.05, 0.1) is 5.56 Å². The van der Waals surface area contributed by atoms with Crippen LogP contribution in [0.5, 0.6) is 0 Å². The Morgan fingerprint density at radius 1 is 1.35 bits per heavy atom. The second-order valence-electron chi connectivity index (χ2n) is 6.06. The summed E-state index contributed by atoms with van der Waals surface area (Å²) in [5.41, 5.74) is 7.11. The van der Waals surface area contributed by atoms with Crippen LogP contribution < -0.4 is 11.1 Å². The quantitative estimate of drug-likeness (QED) is 0.788. The van der Waals surface area contributed by atoms with E-state index in [1.807, 2.05) is 20.8 Å². The zero-order valence-electron chi connectivity index (χ0n) is 12.4. The monoisotopic (exact) mass is 278 g/mol. The number of hydrogen-bond acceptors (Lipinski definition) is 3. The molecule has 0 radical (unpaired) electrons. The molecule has 0 aliphatic heterocycles. The minimum absolute atomic E-state index is 0.156. The van der Waals surface area contributed by atoms with Gasteiger partial charge in [-0.15, -0.1) is 0 Å². The smallest absolute Gasteiger partial charge is 0.336 e. The van der Waals surface area contributed by atoms with E-state index < -0.39 is 5.97 Å². The van der Waals surface area contributed by atoms with E-state index in [-0.39, 0.29) is 29.3 Å². The number of rotatable bonds is 4. The lowest BCUT2D eigenvalue weighted by atomic mass is 9.85. The highest BCUT2D eigenvalue weighted by Crippen LogP contribution is 2.21. The van der Waals surface area contributed by atoms with E-state index in [9.17, 15) is 9.59 Å². The van der Waals surface area contributed by atoms with E-state index >= 15 is 0 Å². The van der Waals surface area contributed by atoms with Crippen molar-refractivity contribution in [1.29, 1.82) is 0 Å². The molecule has 1 rings (SSSR count). The average molecular weight is 278 g/mol. The van der Waals surface area contributed by atoms with Crippen molar-refractivity contribution in [1.82, 2.24) is 0 Å². The molecule has 0 aliphatic carbocycles. The molecular formula is C15H22N2O3. The highest BCUT2D eigenvalue weighted by molar-refractivity contribution is 5.94. The topological polar surface area (TPSA) is 92.4 Å². The van der Waals surface area contributed by atoms with Gasteiger partial charge in [0.15, 0.2) is 0 Å². The van der Waals surface area contributed by atoms with Crippen LogP contribution in [-0.4, -0.2) is 23.0 Å². The van der Waals surface area contributed by atoms with Crippen LogP contribution in [0, 0.1) is 12.3 Å². The summed E-state index contributed by atoms with van der Waals surface area (Å²) in [4.78, 5) is 22.9. The van der Waals surface area contributed by atoms with Crippen molar-refractivity contribution in [3.63, 3.8) is 0 Å². The number of nitrogens with one attached hydrogen (secondary N) is 1. The lowest BCUT2D eigenvalue weighted by molar-refractivity contribution is -0.117. The van der Waals surface area contributed by atoms with Crippen molar-refractivity contribution in [3.8, 4) is 0 Å². The maximum absolute atomic E-state index is 11.9. The number of carboxylic acids is 1. The molecule has 5 heteroatoms. The van der Waals surface area contributed by atoms with Crippen molar-refractivity contribution in [2.75, 3.05) is 5.32 Å². The Balaban J connectivity index is 2.77. The number of nitrogens with two attached hydrogens (primary N) is 1. The number of anilines is 1. The van der Waals surface area contributed by atoms with Gasteiger partial charge < -0.3 is 16.2 Å². The molecule has 0 saturated carbocycles. The van der Waals surface area contributed by atoms with E-state index in [4.69, 9.17) is 10.8 Å². The first-order valence-corrected chi connectivity index (χ1v) is 6.50. The SMILES string of the molecule is Cc1ccc(NC(=O)CC(N)C(C)(C)C)cc1C(=O)O. The van der Waals surface area contributed by atoms with Crippen molar-refractivity contribution < 1.29 is 14.7 Å². The summed E-state index contributed by atoms with van der Waals surface area (Å²) < 4.78 is 0. The normalized spacial score (nSPS) is 12.8. The number of carbonyl (C=O) groups is 2. The largest absolute Gasteiger partial charge is 0.478 e. The molecule has 0 fully saturated rings. The van der Waals surface area contributed by atoms with Gasteiger partial charge in [-0.3, -0.25) is 4.79 Å². The minimum Gasteiger partial charge on any atom is -0.478 e. The Labute approximate surface area is 119 Å². The van der Waals surface area contributed by atoms with Crippen LogP contribution in [0.2, 0.25) is 0 Å². The molecule has 0 heterocycles. The highest BCUT2D eigenvalue weighted by Gasteiger charge is 2.23. The Hall–Kier alpha value is -1.88. The fourth-order valence-electron chi connectivity index (χ4n) is 1.65. The van der Waals surface area contributed by atoms with E-state index in [0.29, 0.717) is 11.3 Å². The predicted octanol–water partition coefficient (Wildman–Crippen LogP) is 2.40. The standard InChI is InChI=1S/C15H22N2O3/c1-9-5-6-10(7-11(9)14(19)20)17-13(18)8-12(16)15(2,3)4/h5-7,12H,8,16H2,1-4H3,(H,17,18)(H,19,20). The van der Waals surface area contributed by atoms with Gasteiger partial charge in [-0.25, -0.2) is 4.79 Å². The average Bonchev–Trinajstić information content (AvgIpc) is 2.29. The third kappa shape index (κ3) is 4.35. The van der Waals surface area contributed by atoms with Crippen LogP contribution in [-0.2, 0) is 4.79 Å². The molecular weight excluding hydrogens is 256 g/mol. The number of hydrogen-bond donors (Lipinski definition) is 3. The van der Waals surface area contributed by atoms with Crippen molar-refractivity contribution in [2.45, 2.75) is 40.2 Å². The Morgan fingerprint density at radius 3 is 2.45 bits per heavy atom. The molecule has 1 aromatic rings. The minimum atomic E-state index is -1.01. The van der Waals surface area contributed by atoms with Gasteiger partial charge >= 0.3 is 5.97 Å². The molecule has 0 bridgehead atoms. The van der Waals surface area contributed by atoms with Gasteiger partial charge in [0.25, 0.3) is 0 Å². The zero-order valence-corrected chi connectivity index (χ0v) is 12.4. The molecule has 1 aromatic carbocycles. The van der Waals surface area contributed by atoms with Crippen LogP contribution in [0.1, 0.15) is 43.1 Å². The van der Waals surface area contributed by atoms with Crippen molar-refractivity contribution >= 4 is 17.6 Å². The number of aryl methyl sites for hydroxylation is 1. The number of carbonyl (C=O) groups excluding carboxylic acids is 1. The molecule has 0 aliphatic rings. The Morgan fingerprint density at radius 2 is 1.95 bits per heavy atom. The number of benzene rings is 1. The van der Waals surface area contributed by atoms with Gasteiger partial charge in [-0.05, 0) is 30.0 Å². The number of carboxylic acid groups (broad SMARTS) is 1. The molecule has 1 unspecified atom stereocenters. The van der Waals surface area contributed by atoms with Crippen molar-refractivity contribution in [3.05, 3.63) is 29.3 Å². The summed E-state index contributed by atoms with van der Waals surface area (Å²) in [5.74, 6) is -1.22.